The van der Waals surface area contributed by atoms with Crippen molar-refractivity contribution in [3.05, 3.63) is 23.8 Å². The number of pyridine rings is 1. The van der Waals surface area contributed by atoms with E-state index in [4.69, 9.17) is 0 Å². The van der Waals surface area contributed by atoms with Crippen molar-refractivity contribution >= 4 is 5.91 Å². The van der Waals surface area contributed by atoms with Crippen LogP contribution in [0.2, 0.25) is 0 Å². The Hall–Kier alpha value is -1.85. The first-order valence-electron chi connectivity index (χ1n) is 6.73. The topological polar surface area (TPSA) is 85.3 Å². The molecule has 0 saturated carbocycles. The third-order valence-electron chi connectivity index (χ3n) is 4.30. The van der Waals surface area contributed by atoms with Crippen LogP contribution in [0.1, 0.15) is 24.2 Å². The number of aliphatic hydroxyl groups is 2. The first-order chi connectivity index (χ1) is 9.52. The molecule has 20 heavy (non-hydrogen) atoms. The van der Waals surface area contributed by atoms with Gasteiger partial charge in [0.05, 0.1) is 30.1 Å². The molecular weight excluding hydrogens is 256 g/mol. The molecule has 3 aliphatic rings. The van der Waals surface area contributed by atoms with E-state index in [9.17, 15) is 15.0 Å². The quantitative estimate of drug-likeness (QED) is 0.564. The minimum Gasteiger partial charge on any atom is -0.394 e. The van der Waals surface area contributed by atoms with Crippen molar-refractivity contribution in [2.75, 3.05) is 13.2 Å². The summed E-state index contributed by atoms with van der Waals surface area (Å²) in [6.45, 7) is 3.13. The second kappa shape index (κ2) is 4.33. The van der Waals surface area contributed by atoms with Gasteiger partial charge in [0.2, 0.25) is 0 Å². The fraction of sp³-hybridized carbons (Fsp3) is 0.400. The molecule has 1 amide bonds. The van der Waals surface area contributed by atoms with E-state index in [1.54, 1.807) is 6.07 Å². The maximum Gasteiger partial charge on any atom is 0.252 e. The highest BCUT2D eigenvalue weighted by Gasteiger charge is 2.36. The lowest BCUT2D eigenvalue weighted by atomic mass is 9.87. The number of carbonyl (C=O) groups excluding carboxylic acids is 1. The van der Waals surface area contributed by atoms with Crippen molar-refractivity contribution in [3.63, 3.8) is 0 Å². The number of aliphatic hydroxyl groups excluding tert-OH is 2. The normalized spacial score (nSPS) is 13.1. The molecule has 106 valence electrons. The van der Waals surface area contributed by atoms with Crippen molar-refractivity contribution in [2.24, 2.45) is 5.92 Å². The Bertz CT molecular complexity index is 641. The predicted octanol–water partition coefficient (Wildman–Crippen LogP) is 1.21. The zero-order chi connectivity index (χ0) is 14.5. The molecule has 0 aromatic rings. The van der Waals surface area contributed by atoms with E-state index in [2.05, 4.69) is 10.3 Å². The first-order valence-corrected chi connectivity index (χ1v) is 6.73. The van der Waals surface area contributed by atoms with Crippen LogP contribution in [-0.2, 0) is 0 Å². The molecule has 1 aliphatic heterocycles. The highest BCUT2D eigenvalue weighted by atomic mass is 16.3. The highest BCUT2D eigenvalue weighted by Crippen LogP contribution is 2.45. The standard InChI is InChI=1S/C15H18N2O3/c1-8(2)15(6-18,7-19)17-14(20)10-4-3-9-11(10)5-12-13(9)16-12/h3-5,8,16,18-19H,6-7H2,1-2H3,(H,17,20). The number of aromatic nitrogens is 1. The summed E-state index contributed by atoms with van der Waals surface area (Å²) in [5.74, 6) is -0.339. The zero-order valence-electron chi connectivity index (χ0n) is 11.5. The Labute approximate surface area is 117 Å². The summed E-state index contributed by atoms with van der Waals surface area (Å²) in [7, 11) is 0. The number of carbonyl (C=O) groups is 1. The van der Waals surface area contributed by atoms with Gasteiger partial charge in [-0.25, -0.2) is 0 Å². The summed E-state index contributed by atoms with van der Waals surface area (Å²) in [4.78, 5) is 15.6. The molecular formula is C15H18N2O3. The Morgan fingerprint density at radius 1 is 1.30 bits per heavy atom. The summed E-state index contributed by atoms with van der Waals surface area (Å²) in [5, 5.41) is 21.9. The number of rotatable bonds is 5. The maximum absolute atomic E-state index is 12.4. The molecule has 0 saturated heterocycles. The maximum atomic E-state index is 12.4. The molecule has 1 heterocycles. The van der Waals surface area contributed by atoms with Crippen molar-refractivity contribution < 1.29 is 15.0 Å². The lowest BCUT2D eigenvalue weighted by Crippen LogP contribution is -2.57. The van der Waals surface area contributed by atoms with Crippen LogP contribution in [-0.4, -0.2) is 39.9 Å². The van der Waals surface area contributed by atoms with E-state index in [0.29, 0.717) is 5.56 Å². The Morgan fingerprint density at radius 3 is 2.60 bits per heavy atom. The summed E-state index contributed by atoms with van der Waals surface area (Å²) < 4.78 is 0. The van der Waals surface area contributed by atoms with Crippen LogP contribution in [0.15, 0.2) is 18.2 Å². The smallest absolute Gasteiger partial charge is 0.252 e. The molecule has 4 N–H and O–H groups in total. The van der Waals surface area contributed by atoms with Gasteiger partial charge >= 0.3 is 0 Å². The Balaban J connectivity index is 1.87. The first kappa shape index (κ1) is 13.1. The predicted molar refractivity (Wildman–Crippen MR) is 75.6 cm³/mol. The van der Waals surface area contributed by atoms with Gasteiger partial charge in [0.25, 0.3) is 5.91 Å². The van der Waals surface area contributed by atoms with Crippen molar-refractivity contribution in [2.45, 2.75) is 19.4 Å². The fourth-order valence-electron chi connectivity index (χ4n) is 2.56. The molecule has 3 rings (SSSR count). The van der Waals surface area contributed by atoms with Gasteiger partial charge in [-0.15, -0.1) is 0 Å². The van der Waals surface area contributed by atoms with Gasteiger partial charge in [0.1, 0.15) is 0 Å². The van der Waals surface area contributed by atoms with Crippen LogP contribution in [0.3, 0.4) is 0 Å². The van der Waals surface area contributed by atoms with Crippen molar-refractivity contribution in [1.82, 2.24) is 10.3 Å². The molecule has 0 aromatic heterocycles. The van der Waals surface area contributed by atoms with Crippen LogP contribution in [0, 0.1) is 5.92 Å². The van der Waals surface area contributed by atoms with Gasteiger partial charge in [-0.2, -0.15) is 0 Å². The van der Waals surface area contributed by atoms with E-state index in [1.165, 1.54) is 0 Å². The summed E-state index contributed by atoms with van der Waals surface area (Å²) in [6.07, 6.45) is 0. The second-order valence-electron chi connectivity index (χ2n) is 5.71. The average molecular weight is 274 g/mol. The minimum atomic E-state index is -0.999. The summed E-state index contributed by atoms with van der Waals surface area (Å²) >= 11 is 0. The van der Waals surface area contributed by atoms with E-state index in [1.807, 2.05) is 26.0 Å². The van der Waals surface area contributed by atoms with Gasteiger partial charge in [-0.1, -0.05) is 19.9 Å². The zero-order valence-corrected chi connectivity index (χ0v) is 11.5. The van der Waals surface area contributed by atoms with Gasteiger partial charge in [0, 0.05) is 11.1 Å². The van der Waals surface area contributed by atoms with Crippen LogP contribution in [0.5, 0.6) is 0 Å². The van der Waals surface area contributed by atoms with Crippen LogP contribution in [0.4, 0.5) is 0 Å². The molecule has 5 heteroatoms. The number of H-pyrrole nitrogens is 1. The van der Waals surface area contributed by atoms with E-state index in [-0.39, 0.29) is 25.0 Å². The van der Waals surface area contributed by atoms with E-state index < -0.39 is 5.54 Å². The number of fused-ring (bicyclic) bond motifs is 3. The van der Waals surface area contributed by atoms with E-state index >= 15 is 0 Å². The third-order valence-corrected chi connectivity index (χ3v) is 4.30. The van der Waals surface area contributed by atoms with Crippen LogP contribution < -0.4 is 5.32 Å². The van der Waals surface area contributed by atoms with Gasteiger partial charge in [-0.05, 0) is 23.6 Å². The Morgan fingerprint density at radius 2 is 2.00 bits per heavy atom. The number of hydrogen-bond acceptors (Lipinski definition) is 3. The van der Waals surface area contributed by atoms with Gasteiger partial charge in [-0.3, -0.25) is 4.79 Å². The molecule has 0 aromatic carbocycles. The van der Waals surface area contributed by atoms with Gasteiger partial charge in [0.15, 0.2) is 0 Å². The third kappa shape index (κ3) is 1.74. The molecule has 0 unspecified atom stereocenters. The lowest BCUT2D eigenvalue weighted by Gasteiger charge is -2.35. The number of amides is 1. The SMILES string of the molecule is CC(C)C(CO)(CO)NC(=O)c1ccc2c3[nH]c-3cc1-2. The number of hydrogen-bond donors (Lipinski definition) is 4. The van der Waals surface area contributed by atoms with Crippen LogP contribution >= 0.6 is 0 Å². The average Bonchev–Trinajstić information content (AvgIpc) is 2.91. The van der Waals surface area contributed by atoms with Crippen molar-refractivity contribution in [3.8, 4) is 22.5 Å². The largest absolute Gasteiger partial charge is 0.394 e. The second-order valence-corrected chi connectivity index (χ2v) is 5.71. The fourth-order valence-corrected chi connectivity index (χ4v) is 2.56. The van der Waals surface area contributed by atoms with Crippen molar-refractivity contribution in [1.29, 1.82) is 0 Å². The van der Waals surface area contributed by atoms with E-state index in [0.717, 1.165) is 22.5 Å². The van der Waals surface area contributed by atoms with Crippen LogP contribution in [0.25, 0.3) is 22.5 Å². The summed E-state index contributed by atoms with van der Waals surface area (Å²) in [5.41, 5.74) is 3.72. The molecule has 0 radical (unpaired) electrons. The number of aromatic amines is 1. The molecule has 0 spiro atoms. The molecule has 0 fully saturated rings. The lowest BCUT2D eigenvalue weighted by molar-refractivity contribution is 0.0471. The van der Waals surface area contributed by atoms with Gasteiger partial charge < -0.3 is 20.5 Å². The molecule has 0 bridgehead atoms. The molecule has 0 atom stereocenters. The number of nitrogens with one attached hydrogen (secondary N) is 2. The molecule has 2 aliphatic carbocycles. The Kier molecular flexibility index (Phi) is 2.84. The highest BCUT2D eigenvalue weighted by molar-refractivity contribution is 6.08. The molecule has 5 nitrogen and oxygen atoms in total. The summed E-state index contributed by atoms with van der Waals surface area (Å²) in [6, 6.07) is 5.65. The monoisotopic (exact) mass is 274 g/mol. The minimum absolute atomic E-state index is 0.0766.